The lowest BCUT2D eigenvalue weighted by Gasteiger charge is -2.22. The number of amides is 3. The topological polar surface area (TPSA) is 110 Å². The molecule has 1 fully saturated rings. The zero-order valence-electron chi connectivity index (χ0n) is 12.8. The van der Waals surface area contributed by atoms with E-state index in [0.29, 0.717) is 25.3 Å². The molecule has 0 radical (unpaired) electrons. The predicted molar refractivity (Wildman–Crippen MR) is 81.4 cm³/mol. The smallest absolute Gasteiger partial charge is 0.224 e. The molecule has 0 bridgehead atoms. The molecule has 0 aliphatic carbocycles. The van der Waals surface area contributed by atoms with Crippen LogP contribution in [0.1, 0.15) is 19.1 Å². The van der Waals surface area contributed by atoms with Crippen molar-refractivity contribution in [2.24, 2.45) is 11.7 Å². The van der Waals surface area contributed by atoms with E-state index in [0.717, 1.165) is 0 Å². The summed E-state index contributed by atoms with van der Waals surface area (Å²) < 4.78 is 4.95. The molecular formula is C14H19ClN4O4. The van der Waals surface area contributed by atoms with Crippen LogP contribution in [0.4, 0.5) is 0 Å². The van der Waals surface area contributed by atoms with Gasteiger partial charge >= 0.3 is 0 Å². The third-order valence-electron chi connectivity index (χ3n) is 3.84. The molecule has 1 saturated heterocycles. The minimum atomic E-state index is -0.565. The first-order chi connectivity index (χ1) is 10.9. The zero-order valence-corrected chi connectivity index (χ0v) is 13.6. The molecule has 3 amide bonds. The van der Waals surface area contributed by atoms with Crippen LogP contribution >= 0.6 is 11.6 Å². The van der Waals surface area contributed by atoms with Gasteiger partial charge in [-0.1, -0.05) is 16.8 Å². The summed E-state index contributed by atoms with van der Waals surface area (Å²) in [7, 11) is 0. The molecule has 0 aromatic carbocycles. The third kappa shape index (κ3) is 4.69. The molecule has 0 spiro atoms. The van der Waals surface area contributed by atoms with Crippen molar-refractivity contribution in [1.82, 2.24) is 15.0 Å². The van der Waals surface area contributed by atoms with Crippen LogP contribution in [0.5, 0.6) is 0 Å². The fourth-order valence-electron chi connectivity index (χ4n) is 2.50. The second kappa shape index (κ2) is 7.45. The molecule has 2 N–H and O–H groups in total. The van der Waals surface area contributed by atoms with Gasteiger partial charge in [-0.15, -0.1) is 0 Å². The van der Waals surface area contributed by atoms with E-state index in [1.807, 2.05) is 0 Å². The van der Waals surface area contributed by atoms with Crippen molar-refractivity contribution in [3.05, 3.63) is 17.0 Å². The summed E-state index contributed by atoms with van der Waals surface area (Å²) in [5.41, 5.74) is 5.38. The number of carbonyl (C=O) groups excluding carboxylic acids is 3. The number of rotatable bonds is 4. The Morgan fingerprint density at radius 1 is 1.35 bits per heavy atom. The Labute approximate surface area is 138 Å². The van der Waals surface area contributed by atoms with Gasteiger partial charge < -0.3 is 20.1 Å². The van der Waals surface area contributed by atoms with E-state index in [2.05, 4.69) is 5.16 Å². The first kappa shape index (κ1) is 17.3. The lowest BCUT2D eigenvalue weighted by molar-refractivity contribution is -0.132. The summed E-state index contributed by atoms with van der Waals surface area (Å²) in [6, 6.07) is 1.56. The Balaban J connectivity index is 1.98. The summed E-state index contributed by atoms with van der Waals surface area (Å²) in [6.07, 6.45) is 0.573. The standard InChI is InChI=1S/C14H19ClN4O4/c1-9(20)18-4-5-19(8-10(7-18)14(16)22)13(21)3-2-11-6-12(15)17-23-11/h6,10H,2-5,7-8H2,1H3,(H2,16,22). The highest BCUT2D eigenvalue weighted by Gasteiger charge is 2.29. The maximum Gasteiger partial charge on any atom is 0.224 e. The monoisotopic (exact) mass is 342 g/mol. The van der Waals surface area contributed by atoms with Crippen molar-refractivity contribution in [3.63, 3.8) is 0 Å². The lowest BCUT2D eigenvalue weighted by Crippen LogP contribution is -2.40. The Morgan fingerprint density at radius 3 is 2.57 bits per heavy atom. The molecule has 1 atom stereocenters. The summed E-state index contributed by atoms with van der Waals surface area (Å²) in [5, 5.41) is 3.79. The Bertz CT molecular complexity index is 603. The average molecular weight is 343 g/mol. The first-order valence-corrected chi connectivity index (χ1v) is 7.68. The fraction of sp³-hybridized carbons (Fsp3) is 0.571. The maximum atomic E-state index is 12.4. The molecule has 1 unspecified atom stereocenters. The highest BCUT2D eigenvalue weighted by Crippen LogP contribution is 2.14. The van der Waals surface area contributed by atoms with Crippen LogP contribution < -0.4 is 5.73 Å². The van der Waals surface area contributed by atoms with E-state index in [4.69, 9.17) is 21.9 Å². The fourth-order valence-corrected chi connectivity index (χ4v) is 2.66. The molecular weight excluding hydrogens is 324 g/mol. The summed E-state index contributed by atoms with van der Waals surface area (Å²) in [6.45, 7) is 2.66. The molecule has 23 heavy (non-hydrogen) atoms. The predicted octanol–water partition coefficient (Wildman–Crippen LogP) is 0.0528. The highest BCUT2D eigenvalue weighted by molar-refractivity contribution is 6.29. The van der Waals surface area contributed by atoms with Crippen LogP contribution in [0, 0.1) is 5.92 Å². The van der Waals surface area contributed by atoms with Gasteiger partial charge in [0.2, 0.25) is 17.7 Å². The minimum Gasteiger partial charge on any atom is -0.369 e. The quantitative estimate of drug-likeness (QED) is 0.831. The van der Waals surface area contributed by atoms with Crippen LogP contribution in [-0.2, 0) is 20.8 Å². The molecule has 2 rings (SSSR count). The number of aromatic nitrogens is 1. The molecule has 126 valence electrons. The highest BCUT2D eigenvalue weighted by atomic mass is 35.5. The largest absolute Gasteiger partial charge is 0.369 e. The number of aryl methyl sites for hydroxylation is 1. The van der Waals surface area contributed by atoms with Gasteiger partial charge in [0.15, 0.2) is 5.15 Å². The van der Waals surface area contributed by atoms with E-state index in [1.165, 1.54) is 6.92 Å². The number of hydrogen-bond acceptors (Lipinski definition) is 5. The average Bonchev–Trinajstić information content (AvgIpc) is 2.77. The van der Waals surface area contributed by atoms with Crippen molar-refractivity contribution < 1.29 is 18.9 Å². The molecule has 8 nitrogen and oxygen atoms in total. The number of nitrogens with two attached hydrogens (primary N) is 1. The number of carbonyl (C=O) groups is 3. The number of nitrogens with zero attached hydrogens (tertiary/aromatic N) is 3. The third-order valence-corrected chi connectivity index (χ3v) is 4.02. The second-order valence-electron chi connectivity index (χ2n) is 5.52. The van der Waals surface area contributed by atoms with E-state index in [9.17, 15) is 14.4 Å². The first-order valence-electron chi connectivity index (χ1n) is 7.30. The Kier molecular flexibility index (Phi) is 5.59. The summed E-state index contributed by atoms with van der Waals surface area (Å²) in [5.74, 6) is -0.825. The van der Waals surface area contributed by atoms with Gasteiger partial charge in [-0.2, -0.15) is 0 Å². The molecule has 1 aliphatic heterocycles. The minimum absolute atomic E-state index is 0.130. The van der Waals surface area contributed by atoms with E-state index in [-0.39, 0.29) is 36.5 Å². The SMILES string of the molecule is CC(=O)N1CCN(C(=O)CCc2cc(Cl)no2)CC(C(N)=O)C1. The van der Waals surface area contributed by atoms with Gasteiger partial charge in [-0.05, 0) is 0 Å². The van der Waals surface area contributed by atoms with Crippen LogP contribution in [0.3, 0.4) is 0 Å². The number of hydrogen-bond donors (Lipinski definition) is 1. The summed E-state index contributed by atoms with van der Waals surface area (Å²) in [4.78, 5) is 38.5. The molecule has 0 saturated carbocycles. The van der Waals surface area contributed by atoms with Gasteiger partial charge in [0, 0.05) is 52.0 Å². The maximum absolute atomic E-state index is 12.4. The zero-order chi connectivity index (χ0) is 17.0. The molecule has 1 aromatic heterocycles. The lowest BCUT2D eigenvalue weighted by atomic mass is 10.1. The van der Waals surface area contributed by atoms with Crippen molar-refractivity contribution in [3.8, 4) is 0 Å². The normalized spacial score (nSPS) is 18.6. The van der Waals surface area contributed by atoms with Crippen LogP contribution in [0.15, 0.2) is 10.6 Å². The van der Waals surface area contributed by atoms with Crippen molar-refractivity contribution in [2.75, 3.05) is 26.2 Å². The molecule has 9 heteroatoms. The van der Waals surface area contributed by atoms with Gasteiger partial charge in [0.1, 0.15) is 5.76 Å². The van der Waals surface area contributed by atoms with Gasteiger partial charge in [0.05, 0.1) is 5.92 Å². The van der Waals surface area contributed by atoms with Gasteiger partial charge in [0.25, 0.3) is 0 Å². The molecule has 1 aromatic rings. The molecule has 2 heterocycles. The van der Waals surface area contributed by atoms with Crippen LogP contribution in [0.25, 0.3) is 0 Å². The van der Waals surface area contributed by atoms with Crippen LogP contribution in [-0.4, -0.2) is 58.9 Å². The van der Waals surface area contributed by atoms with Crippen molar-refractivity contribution in [2.45, 2.75) is 19.8 Å². The molecule has 1 aliphatic rings. The van der Waals surface area contributed by atoms with Crippen molar-refractivity contribution >= 4 is 29.3 Å². The van der Waals surface area contributed by atoms with Crippen LogP contribution in [0.2, 0.25) is 5.15 Å². The summed E-state index contributed by atoms with van der Waals surface area (Å²) >= 11 is 5.66. The number of primary amides is 1. The van der Waals surface area contributed by atoms with Crippen molar-refractivity contribution in [1.29, 1.82) is 0 Å². The van der Waals surface area contributed by atoms with E-state index in [1.54, 1.807) is 15.9 Å². The van der Waals surface area contributed by atoms with E-state index >= 15 is 0 Å². The van der Waals surface area contributed by atoms with E-state index < -0.39 is 11.8 Å². The second-order valence-corrected chi connectivity index (χ2v) is 5.91. The number of halogens is 1. The van der Waals surface area contributed by atoms with Gasteiger partial charge in [-0.3, -0.25) is 14.4 Å². The Morgan fingerprint density at radius 2 is 2.00 bits per heavy atom. The van der Waals surface area contributed by atoms with Gasteiger partial charge in [-0.25, -0.2) is 0 Å². The Hall–Kier alpha value is -2.09.